The second-order valence-electron chi connectivity index (χ2n) is 3.65. The first-order chi connectivity index (χ1) is 7.83. The van der Waals surface area contributed by atoms with E-state index in [4.69, 9.17) is 5.26 Å². The number of pyridine rings is 1. The quantitative estimate of drug-likeness (QED) is 0.664. The zero-order valence-corrected chi connectivity index (χ0v) is 8.83. The lowest BCUT2D eigenvalue weighted by Crippen LogP contribution is -2.46. The second-order valence-corrected chi connectivity index (χ2v) is 3.65. The molecule has 5 nitrogen and oxygen atoms in total. The van der Waals surface area contributed by atoms with Crippen LogP contribution < -0.4 is 4.90 Å². The van der Waals surface area contributed by atoms with Crippen molar-refractivity contribution in [2.24, 2.45) is 0 Å². The van der Waals surface area contributed by atoms with E-state index in [-0.39, 0.29) is 0 Å². The van der Waals surface area contributed by atoms with Gasteiger partial charge in [-0.1, -0.05) is 0 Å². The number of piperazine rings is 1. The van der Waals surface area contributed by atoms with Crippen molar-refractivity contribution in [3.8, 4) is 6.07 Å². The molecule has 1 amide bonds. The summed E-state index contributed by atoms with van der Waals surface area (Å²) < 4.78 is 0. The number of nitriles is 1. The number of hydrogen-bond acceptors (Lipinski definition) is 4. The summed E-state index contributed by atoms with van der Waals surface area (Å²) in [6.45, 7) is 3.03. The lowest BCUT2D eigenvalue weighted by atomic mass is 10.3. The Balaban J connectivity index is 2.03. The zero-order chi connectivity index (χ0) is 11.4. The zero-order valence-electron chi connectivity index (χ0n) is 8.83. The summed E-state index contributed by atoms with van der Waals surface area (Å²) in [5, 5.41) is 8.66. The summed E-state index contributed by atoms with van der Waals surface area (Å²) in [7, 11) is 0. The van der Waals surface area contributed by atoms with Crippen molar-refractivity contribution in [2.45, 2.75) is 0 Å². The second kappa shape index (κ2) is 4.62. The molecule has 2 heterocycles. The lowest BCUT2D eigenvalue weighted by molar-refractivity contribution is -0.118. The van der Waals surface area contributed by atoms with E-state index < -0.39 is 0 Å². The van der Waals surface area contributed by atoms with Crippen LogP contribution in [0.5, 0.6) is 0 Å². The molecule has 1 aliphatic rings. The molecule has 0 saturated carbocycles. The highest BCUT2D eigenvalue weighted by atomic mass is 16.1. The van der Waals surface area contributed by atoms with Crippen molar-refractivity contribution in [1.82, 2.24) is 9.88 Å². The van der Waals surface area contributed by atoms with Crippen LogP contribution in [-0.4, -0.2) is 42.5 Å². The molecule has 0 aliphatic carbocycles. The van der Waals surface area contributed by atoms with Crippen LogP contribution in [0.25, 0.3) is 0 Å². The molecule has 1 fully saturated rings. The summed E-state index contributed by atoms with van der Waals surface area (Å²) in [5.41, 5.74) is 0.565. The summed E-state index contributed by atoms with van der Waals surface area (Å²) in [6, 6.07) is 5.64. The minimum atomic E-state index is 0.565. The molecule has 2 rings (SSSR count). The number of aromatic nitrogens is 1. The van der Waals surface area contributed by atoms with Crippen molar-refractivity contribution in [3.63, 3.8) is 0 Å². The molecule has 0 radical (unpaired) electrons. The van der Waals surface area contributed by atoms with Gasteiger partial charge in [0.2, 0.25) is 6.41 Å². The molecule has 0 atom stereocenters. The van der Waals surface area contributed by atoms with Crippen molar-refractivity contribution >= 4 is 12.2 Å². The van der Waals surface area contributed by atoms with E-state index in [1.54, 1.807) is 17.2 Å². The van der Waals surface area contributed by atoms with Crippen LogP contribution in [0, 0.1) is 11.3 Å². The fourth-order valence-corrected chi connectivity index (χ4v) is 1.70. The number of anilines is 1. The summed E-state index contributed by atoms with van der Waals surface area (Å²) in [6.07, 6.45) is 2.45. The van der Waals surface area contributed by atoms with Crippen LogP contribution in [0.15, 0.2) is 18.3 Å². The Kier molecular flexibility index (Phi) is 3.01. The molecular weight excluding hydrogens is 204 g/mol. The lowest BCUT2D eigenvalue weighted by Gasteiger charge is -2.33. The van der Waals surface area contributed by atoms with E-state index in [1.807, 2.05) is 12.1 Å². The third kappa shape index (κ3) is 2.11. The maximum absolute atomic E-state index is 10.5. The first-order valence-electron chi connectivity index (χ1n) is 5.14. The Morgan fingerprint density at radius 1 is 1.31 bits per heavy atom. The van der Waals surface area contributed by atoms with Crippen LogP contribution >= 0.6 is 0 Å². The van der Waals surface area contributed by atoms with Crippen LogP contribution in [0.4, 0.5) is 5.82 Å². The normalized spacial score (nSPS) is 15.7. The van der Waals surface area contributed by atoms with E-state index in [9.17, 15) is 4.79 Å². The molecule has 1 saturated heterocycles. The monoisotopic (exact) mass is 216 g/mol. The number of nitrogens with zero attached hydrogens (tertiary/aromatic N) is 4. The topological polar surface area (TPSA) is 60.2 Å². The van der Waals surface area contributed by atoms with Gasteiger partial charge in [-0.15, -0.1) is 0 Å². The predicted octanol–water partition coefficient (Wildman–Crippen LogP) is 0.232. The number of carbonyl (C=O) groups excluding carboxylic acids is 1. The average Bonchev–Trinajstić information content (AvgIpc) is 2.39. The molecular formula is C11H12N4O. The summed E-state index contributed by atoms with van der Waals surface area (Å²) in [5.74, 6) is 0.865. The maximum atomic E-state index is 10.5. The van der Waals surface area contributed by atoms with Gasteiger partial charge in [-0.3, -0.25) is 4.79 Å². The highest BCUT2D eigenvalue weighted by Gasteiger charge is 2.16. The van der Waals surface area contributed by atoms with Crippen LogP contribution in [-0.2, 0) is 4.79 Å². The molecule has 82 valence electrons. The van der Waals surface area contributed by atoms with Gasteiger partial charge in [0.15, 0.2) is 0 Å². The van der Waals surface area contributed by atoms with E-state index >= 15 is 0 Å². The summed E-state index contributed by atoms with van der Waals surface area (Å²) >= 11 is 0. The van der Waals surface area contributed by atoms with Crippen molar-refractivity contribution in [1.29, 1.82) is 5.26 Å². The minimum Gasteiger partial charge on any atom is -0.353 e. The fourth-order valence-electron chi connectivity index (χ4n) is 1.70. The Bertz CT molecular complexity index is 401. The van der Waals surface area contributed by atoms with E-state index in [1.165, 1.54) is 0 Å². The predicted molar refractivity (Wildman–Crippen MR) is 58.8 cm³/mol. The average molecular weight is 216 g/mol. The van der Waals surface area contributed by atoms with Crippen molar-refractivity contribution in [3.05, 3.63) is 23.9 Å². The molecule has 0 spiro atoms. The van der Waals surface area contributed by atoms with Gasteiger partial charge in [0.05, 0.1) is 5.56 Å². The van der Waals surface area contributed by atoms with Gasteiger partial charge in [-0.25, -0.2) is 4.98 Å². The SMILES string of the molecule is N#Cc1ccc(N2CCN(C=O)CC2)nc1. The molecule has 1 aliphatic heterocycles. The molecule has 5 heteroatoms. The molecule has 0 N–H and O–H groups in total. The Morgan fingerprint density at radius 3 is 2.56 bits per heavy atom. The summed E-state index contributed by atoms with van der Waals surface area (Å²) in [4.78, 5) is 18.6. The smallest absolute Gasteiger partial charge is 0.209 e. The molecule has 1 aromatic rings. The first-order valence-corrected chi connectivity index (χ1v) is 5.14. The molecule has 16 heavy (non-hydrogen) atoms. The van der Waals surface area contributed by atoms with Crippen LogP contribution in [0.3, 0.4) is 0 Å². The number of rotatable bonds is 2. The maximum Gasteiger partial charge on any atom is 0.209 e. The first kappa shape index (κ1) is 10.4. The van der Waals surface area contributed by atoms with Crippen LogP contribution in [0.1, 0.15) is 5.56 Å². The van der Waals surface area contributed by atoms with Crippen LogP contribution in [0.2, 0.25) is 0 Å². The Hall–Kier alpha value is -2.09. The van der Waals surface area contributed by atoms with Gasteiger partial charge in [0.1, 0.15) is 11.9 Å². The highest BCUT2D eigenvalue weighted by Crippen LogP contribution is 2.13. The minimum absolute atomic E-state index is 0.565. The molecule has 0 aromatic carbocycles. The van der Waals surface area contributed by atoms with Gasteiger partial charge < -0.3 is 9.80 Å². The number of hydrogen-bond donors (Lipinski definition) is 0. The number of carbonyl (C=O) groups is 1. The fraction of sp³-hybridized carbons (Fsp3) is 0.364. The highest BCUT2D eigenvalue weighted by molar-refractivity contribution is 5.49. The third-order valence-corrected chi connectivity index (χ3v) is 2.66. The molecule has 0 bridgehead atoms. The Morgan fingerprint density at radius 2 is 2.06 bits per heavy atom. The van der Waals surface area contributed by atoms with Crippen molar-refractivity contribution < 1.29 is 4.79 Å². The van der Waals surface area contributed by atoms with E-state index in [0.29, 0.717) is 5.56 Å². The molecule has 1 aromatic heterocycles. The van der Waals surface area contributed by atoms with E-state index in [0.717, 1.165) is 38.4 Å². The molecule has 0 unspecified atom stereocenters. The van der Waals surface area contributed by atoms with Gasteiger partial charge in [0.25, 0.3) is 0 Å². The standard InChI is InChI=1S/C11H12N4O/c12-7-10-1-2-11(13-8-10)15-5-3-14(9-16)4-6-15/h1-2,8-9H,3-6H2. The number of amides is 1. The van der Waals surface area contributed by atoms with Gasteiger partial charge >= 0.3 is 0 Å². The van der Waals surface area contributed by atoms with Gasteiger partial charge in [-0.2, -0.15) is 5.26 Å². The van der Waals surface area contributed by atoms with Gasteiger partial charge in [0, 0.05) is 32.4 Å². The van der Waals surface area contributed by atoms with Crippen molar-refractivity contribution in [2.75, 3.05) is 31.1 Å². The Labute approximate surface area is 93.9 Å². The van der Waals surface area contributed by atoms with Gasteiger partial charge in [-0.05, 0) is 12.1 Å². The third-order valence-electron chi connectivity index (χ3n) is 2.66. The largest absolute Gasteiger partial charge is 0.353 e. The van der Waals surface area contributed by atoms with E-state index in [2.05, 4.69) is 9.88 Å².